The third-order valence-corrected chi connectivity index (χ3v) is 5.21. The van der Waals surface area contributed by atoms with Crippen molar-refractivity contribution in [2.75, 3.05) is 11.5 Å². The molecule has 176 valence electrons. The number of para-hydroxylation sites is 2. The van der Waals surface area contributed by atoms with Crippen molar-refractivity contribution in [2.24, 2.45) is 10.2 Å². The summed E-state index contributed by atoms with van der Waals surface area (Å²) < 4.78 is 18.7. The molecule has 1 amide bonds. The number of benzene rings is 3. The number of hydrogen-bond acceptors (Lipinski definition) is 6. The van der Waals surface area contributed by atoms with Crippen molar-refractivity contribution >= 4 is 34.5 Å². The molecule has 2 heterocycles. The molecule has 1 aliphatic rings. The normalized spacial score (nSPS) is 13.9. The molecule has 0 saturated heterocycles. The number of nitrogens with zero attached hydrogens (tertiary/aromatic N) is 3. The van der Waals surface area contributed by atoms with Crippen molar-refractivity contribution in [3.8, 4) is 0 Å². The van der Waals surface area contributed by atoms with Gasteiger partial charge in [0.1, 0.15) is 17.7 Å². The summed E-state index contributed by atoms with van der Waals surface area (Å²) in [5.41, 5.74) is 2.78. The molecule has 0 aliphatic carbocycles. The van der Waals surface area contributed by atoms with Crippen LogP contribution in [0.15, 0.2) is 98.5 Å². The van der Waals surface area contributed by atoms with Gasteiger partial charge in [-0.05, 0) is 42.8 Å². The molecule has 1 aromatic heterocycles. The summed E-state index contributed by atoms with van der Waals surface area (Å²) in [5.74, 6) is -0.658. The fourth-order valence-corrected chi connectivity index (χ4v) is 3.62. The quantitative estimate of drug-likeness (QED) is 0.355. The second-order valence-corrected chi connectivity index (χ2v) is 7.56. The fraction of sp³-hybridized carbons (Fsp3) is 0.111. The fourth-order valence-electron chi connectivity index (χ4n) is 3.62. The summed E-state index contributed by atoms with van der Waals surface area (Å²) in [6.07, 6.45) is 2.60. The summed E-state index contributed by atoms with van der Waals surface area (Å²) >= 11 is 0. The predicted octanol–water partition coefficient (Wildman–Crippen LogP) is 4.30. The Balaban J connectivity index is 0.000000917. The van der Waals surface area contributed by atoms with Crippen LogP contribution in [-0.2, 0) is 11.3 Å². The average molecular weight is 471 g/mol. The molecule has 0 bridgehead atoms. The third kappa shape index (κ3) is 5.07. The van der Waals surface area contributed by atoms with E-state index in [1.807, 2.05) is 18.2 Å². The minimum atomic E-state index is -0.336. The molecule has 1 aliphatic heterocycles. The standard InChI is InChI=1S/C25H16FN3O3.C2H6O/c26-18-11-9-16(10-12-18)14-29-21-7-3-1-5-19(21)23(25(29)31)28-27-13-17-15-32-22-8-4-2-6-20(22)24(17)30;1-2-3/h1-13,15H,14H2;3H,2H2,1H3/b27-13+,28-23-;. The zero-order valence-corrected chi connectivity index (χ0v) is 18.9. The van der Waals surface area contributed by atoms with Crippen molar-refractivity contribution in [3.63, 3.8) is 0 Å². The van der Waals surface area contributed by atoms with E-state index in [-0.39, 0.29) is 41.6 Å². The van der Waals surface area contributed by atoms with Gasteiger partial charge in [0.25, 0.3) is 5.91 Å². The van der Waals surface area contributed by atoms with Crippen LogP contribution in [-0.4, -0.2) is 29.5 Å². The molecule has 8 heteroatoms. The van der Waals surface area contributed by atoms with Crippen LogP contribution in [0.25, 0.3) is 11.0 Å². The van der Waals surface area contributed by atoms with E-state index in [0.29, 0.717) is 22.2 Å². The number of carbonyl (C=O) groups excluding carboxylic acids is 1. The highest BCUT2D eigenvalue weighted by Crippen LogP contribution is 2.30. The monoisotopic (exact) mass is 471 g/mol. The maximum atomic E-state index is 13.2. The number of fused-ring (bicyclic) bond motifs is 2. The molecule has 4 aromatic rings. The first kappa shape index (κ1) is 23.7. The van der Waals surface area contributed by atoms with Gasteiger partial charge in [0.2, 0.25) is 5.43 Å². The number of anilines is 1. The summed E-state index contributed by atoms with van der Waals surface area (Å²) in [4.78, 5) is 27.3. The van der Waals surface area contributed by atoms with Gasteiger partial charge in [0, 0.05) is 12.2 Å². The molecular formula is C27H22FN3O4. The van der Waals surface area contributed by atoms with Gasteiger partial charge in [-0.25, -0.2) is 4.39 Å². The van der Waals surface area contributed by atoms with Crippen LogP contribution in [0.4, 0.5) is 10.1 Å². The van der Waals surface area contributed by atoms with Crippen molar-refractivity contribution in [1.82, 2.24) is 0 Å². The number of halogens is 1. The summed E-state index contributed by atoms with van der Waals surface area (Å²) in [6.45, 7) is 2.20. The van der Waals surface area contributed by atoms with E-state index in [0.717, 1.165) is 5.56 Å². The Hall–Kier alpha value is -4.43. The van der Waals surface area contributed by atoms with Crippen LogP contribution in [0, 0.1) is 5.82 Å². The lowest BCUT2D eigenvalue weighted by atomic mass is 10.1. The van der Waals surface area contributed by atoms with E-state index in [4.69, 9.17) is 9.52 Å². The van der Waals surface area contributed by atoms with Gasteiger partial charge in [-0.2, -0.15) is 5.10 Å². The Kier molecular flexibility index (Phi) is 7.23. The van der Waals surface area contributed by atoms with Crippen LogP contribution in [0.2, 0.25) is 0 Å². The molecule has 0 spiro atoms. The Bertz CT molecular complexity index is 1480. The van der Waals surface area contributed by atoms with Crippen molar-refractivity contribution in [3.05, 3.63) is 112 Å². The second kappa shape index (κ2) is 10.7. The number of hydrogen-bond donors (Lipinski definition) is 1. The predicted molar refractivity (Wildman–Crippen MR) is 133 cm³/mol. The van der Waals surface area contributed by atoms with Crippen LogP contribution in [0.1, 0.15) is 23.6 Å². The van der Waals surface area contributed by atoms with E-state index in [2.05, 4.69) is 10.2 Å². The first-order chi connectivity index (χ1) is 17.0. The Labute approximate surface area is 200 Å². The number of rotatable bonds is 4. The lowest BCUT2D eigenvalue weighted by Crippen LogP contribution is -2.29. The summed E-state index contributed by atoms with van der Waals surface area (Å²) in [7, 11) is 0. The van der Waals surface area contributed by atoms with Gasteiger partial charge < -0.3 is 14.4 Å². The zero-order valence-electron chi connectivity index (χ0n) is 18.9. The smallest absolute Gasteiger partial charge is 0.279 e. The zero-order chi connectivity index (χ0) is 24.8. The first-order valence-corrected chi connectivity index (χ1v) is 10.9. The molecule has 0 atom stereocenters. The van der Waals surface area contributed by atoms with Crippen molar-refractivity contribution in [2.45, 2.75) is 13.5 Å². The highest BCUT2D eigenvalue weighted by molar-refractivity contribution is 6.54. The Morgan fingerprint density at radius 3 is 2.46 bits per heavy atom. The molecule has 7 nitrogen and oxygen atoms in total. The van der Waals surface area contributed by atoms with E-state index >= 15 is 0 Å². The van der Waals surface area contributed by atoms with Crippen molar-refractivity contribution in [1.29, 1.82) is 0 Å². The topological polar surface area (TPSA) is 95.5 Å². The van der Waals surface area contributed by atoms with Gasteiger partial charge >= 0.3 is 0 Å². The molecular weight excluding hydrogens is 449 g/mol. The highest BCUT2D eigenvalue weighted by atomic mass is 19.1. The van der Waals surface area contributed by atoms with E-state index in [1.165, 1.54) is 24.6 Å². The number of carbonyl (C=O) groups is 1. The summed E-state index contributed by atoms with van der Waals surface area (Å²) in [6, 6.07) is 20.2. The number of amides is 1. The first-order valence-electron chi connectivity index (χ1n) is 10.9. The van der Waals surface area contributed by atoms with Gasteiger partial charge in [-0.3, -0.25) is 9.59 Å². The van der Waals surface area contributed by atoms with Gasteiger partial charge in [0.15, 0.2) is 5.71 Å². The lowest BCUT2D eigenvalue weighted by Gasteiger charge is -2.16. The Morgan fingerprint density at radius 2 is 1.69 bits per heavy atom. The van der Waals surface area contributed by atoms with Crippen LogP contribution >= 0.6 is 0 Å². The van der Waals surface area contributed by atoms with E-state index < -0.39 is 0 Å². The third-order valence-electron chi connectivity index (χ3n) is 5.21. The van der Waals surface area contributed by atoms with Gasteiger partial charge in [-0.1, -0.05) is 42.5 Å². The molecule has 0 saturated carbocycles. The van der Waals surface area contributed by atoms with E-state index in [1.54, 1.807) is 54.3 Å². The number of aliphatic hydroxyl groups is 1. The minimum absolute atomic E-state index is 0.170. The largest absolute Gasteiger partial charge is 0.463 e. The molecule has 0 radical (unpaired) electrons. The second-order valence-electron chi connectivity index (χ2n) is 7.56. The maximum Gasteiger partial charge on any atom is 0.279 e. The molecule has 35 heavy (non-hydrogen) atoms. The van der Waals surface area contributed by atoms with Crippen LogP contribution < -0.4 is 10.3 Å². The molecule has 5 rings (SSSR count). The molecule has 0 unspecified atom stereocenters. The lowest BCUT2D eigenvalue weighted by molar-refractivity contribution is -0.112. The van der Waals surface area contributed by atoms with Crippen LogP contribution in [0.5, 0.6) is 0 Å². The summed E-state index contributed by atoms with van der Waals surface area (Å²) in [5, 5.41) is 16.1. The Morgan fingerprint density at radius 1 is 1.00 bits per heavy atom. The average Bonchev–Trinajstić information content (AvgIpc) is 3.13. The SMILES string of the molecule is CCO.O=C1/C(=N\N=C\c2coc3ccccc3c2=O)c2ccccc2N1Cc1ccc(F)cc1. The molecule has 0 fully saturated rings. The molecule has 1 N–H and O–H groups in total. The van der Waals surface area contributed by atoms with E-state index in [9.17, 15) is 14.0 Å². The van der Waals surface area contributed by atoms with Crippen LogP contribution in [0.3, 0.4) is 0 Å². The van der Waals surface area contributed by atoms with Crippen molar-refractivity contribution < 1.29 is 18.7 Å². The van der Waals surface area contributed by atoms with Gasteiger partial charge in [-0.15, -0.1) is 5.10 Å². The van der Waals surface area contributed by atoms with Gasteiger partial charge in [0.05, 0.1) is 29.4 Å². The number of aliphatic hydroxyl groups excluding tert-OH is 1. The minimum Gasteiger partial charge on any atom is -0.463 e. The highest BCUT2D eigenvalue weighted by Gasteiger charge is 2.33. The molecule has 3 aromatic carbocycles. The maximum absolute atomic E-state index is 13.2.